The topological polar surface area (TPSA) is 63.1 Å². The number of thiazole rings is 1. The standard InChI is InChI=1S/C23H21F2N5OS/c1-14-20-21(30(28-14)17-8-4-7-16(24)12-17)27-23(32-20)29-11-5-6-15(13-29)22(31)26-19-10-3-2-9-18(19)25/h2-4,7-10,12,15H,5-6,11,13H2,1H3,(H,26,31)/t15-/m1/s1. The second-order valence-corrected chi connectivity index (χ2v) is 8.86. The largest absolute Gasteiger partial charge is 0.347 e. The molecule has 32 heavy (non-hydrogen) atoms. The number of nitrogens with one attached hydrogen (secondary N) is 1. The number of carbonyl (C=O) groups is 1. The number of piperidine rings is 1. The predicted octanol–water partition coefficient (Wildman–Crippen LogP) is 4.92. The van der Waals surface area contributed by atoms with Gasteiger partial charge in [-0.25, -0.2) is 13.5 Å². The van der Waals surface area contributed by atoms with Crippen molar-refractivity contribution < 1.29 is 13.6 Å². The number of aryl methyl sites for hydroxylation is 1. The molecule has 1 amide bonds. The lowest BCUT2D eigenvalue weighted by molar-refractivity contribution is -0.120. The van der Waals surface area contributed by atoms with E-state index in [1.54, 1.807) is 35.0 Å². The molecule has 0 radical (unpaired) electrons. The van der Waals surface area contributed by atoms with Crippen LogP contribution in [0.1, 0.15) is 18.5 Å². The summed E-state index contributed by atoms with van der Waals surface area (Å²) in [4.78, 5) is 19.7. The van der Waals surface area contributed by atoms with Gasteiger partial charge in [-0.1, -0.05) is 29.5 Å². The van der Waals surface area contributed by atoms with E-state index in [0.717, 1.165) is 34.9 Å². The molecule has 1 atom stereocenters. The number of halogens is 2. The Bertz CT molecular complexity index is 1300. The van der Waals surface area contributed by atoms with Crippen molar-refractivity contribution in [1.82, 2.24) is 14.8 Å². The molecule has 0 aliphatic carbocycles. The Morgan fingerprint density at radius 3 is 2.84 bits per heavy atom. The summed E-state index contributed by atoms with van der Waals surface area (Å²) in [6.45, 7) is 3.19. The summed E-state index contributed by atoms with van der Waals surface area (Å²) in [5, 5.41) is 8.04. The number of rotatable bonds is 4. The Labute approximate surface area is 187 Å². The summed E-state index contributed by atoms with van der Waals surface area (Å²) in [5.74, 6) is -1.24. The number of benzene rings is 2. The van der Waals surface area contributed by atoms with Gasteiger partial charge in [0.25, 0.3) is 0 Å². The summed E-state index contributed by atoms with van der Waals surface area (Å²) in [6, 6.07) is 12.4. The van der Waals surface area contributed by atoms with Gasteiger partial charge in [0, 0.05) is 13.1 Å². The molecule has 2 aromatic carbocycles. The maximum absolute atomic E-state index is 13.9. The summed E-state index contributed by atoms with van der Waals surface area (Å²) in [5.41, 5.74) is 2.30. The molecule has 4 aromatic rings. The van der Waals surface area contributed by atoms with E-state index in [0.29, 0.717) is 17.9 Å². The highest BCUT2D eigenvalue weighted by Gasteiger charge is 2.29. The number of hydrogen-bond donors (Lipinski definition) is 1. The average Bonchev–Trinajstić information content (AvgIpc) is 3.36. The zero-order valence-electron chi connectivity index (χ0n) is 17.4. The van der Waals surface area contributed by atoms with E-state index in [2.05, 4.69) is 15.3 Å². The molecule has 3 heterocycles. The molecular formula is C23H21F2N5OS. The van der Waals surface area contributed by atoms with E-state index in [1.165, 1.54) is 29.5 Å². The lowest BCUT2D eigenvalue weighted by atomic mass is 9.97. The number of amides is 1. The summed E-state index contributed by atoms with van der Waals surface area (Å²) in [6.07, 6.45) is 1.57. The normalized spacial score (nSPS) is 16.5. The predicted molar refractivity (Wildman–Crippen MR) is 121 cm³/mol. The van der Waals surface area contributed by atoms with Gasteiger partial charge in [0.05, 0.1) is 27.7 Å². The first-order valence-corrected chi connectivity index (χ1v) is 11.2. The van der Waals surface area contributed by atoms with E-state index in [9.17, 15) is 13.6 Å². The number of nitrogens with zero attached hydrogens (tertiary/aromatic N) is 4. The molecule has 6 nitrogen and oxygen atoms in total. The molecule has 1 aliphatic heterocycles. The van der Waals surface area contributed by atoms with Gasteiger partial charge in [-0.15, -0.1) is 0 Å². The maximum Gasteiger partial charge on any atom is 0.229 e. The van der Waals surface area contributed by atoms with Crippen molar-refractivity contribution in [2.24, 2.45) is 5.92 Å². The molecule has 0 unspecified atom stereocenters. The highest BCUT2D eigenvalue weighted by Crippen LogP contribution is 2.34. The fourth-order valence-corrected chi connectivity index (χ4v) is 5.03. The Morgan fingerprint density at radius 2 is 2.03 bits per heavy atom. The minimum atomic E-state index is -0.447. The van der Waals surface area contributed by atoms with Crippen LogP contribution in [0.25, 0.3) is 16.0 Å². The zero-order chi connectivity index (χ0) is 22.2. The smallest absolute Gasteiger partial charge is 0.229 e. The summed E-state index contributed by atoms with van der Waals surface area (Å²) < 4.78 is 30.2. The molecule has 5 rings (SSSR count). The molecule has 9 heteroatoms. The van der Waals surface area contributed by atoms with E-state index in [1.807, 2.05) is 6.92 Å². The van der Waals surface area contributed by atoms with Gasteiger partial charge in [0.1, 0.15) is 11.6 Å². The Kier molecular flexibility index (Phi) is 5.34. The zero-order valence-corrected chi connectivity index (χ0v) is 18.2. The number of para-hydroxylation sites is 1. The SMILES string of the molecule is Cc1nn(-c2cccc(F)c2)c2nc(N3CCC[C@@H](C(=O)Nc4ccccc4F)C3)sc12. The highest BCUT2D eigenvalue weighted by atomic mass is 32.1. The molecule has 1 saturated heterocycles. The number of hydrogen-bond acceptors (Lipinski definition) is 5. The summed E-state index contributed by atoms with van der Waals surface area (Å²) >= 11 is 1.52. The highest BCUT2D eigenvalue weighted by molar-refractivity contribution is 7.22. The third-order valence-corrected chi connectivity index (χ3v) is 6.84. The third kappa shape index (κ3) is 3.84. The van der Waals surface area contributed by atoms with E-state index >= 15 is 0 Å². The first-order chi connectivity index (χ1) is 15.5. The molecular weight excluding hydrogens is 432 g/mol. The summed E-state index contributed by atoms with van der Waals surface area (Å²) in [7, 11) is 0. The van der Waals surface area contributed by atoms with E-state index < -0.39 is 5.82 Å². The average molecular weight is 454 g/mol. The van der Waals surface area contributed by atoms with Crippen molar-refractivity contribution in [3.05, 3.63) is 65.9 Å². The van der Waals surface area contributed by atoms with Gasteiger partial charge in [-0.3, -0.25) is 4.79 Å². The molecule has 0 bridgehead atoms. The van der Waals surface area contributed by atoms with Crippen molar-refractivity contribution in [3.8, 4) is 5.69 Å². The molecule has 1 N–H and O–H groups in total. The van der Waals surface area contributed by atoms with Crippen LogP contribution in [0.15, 0.2) is 48.5 Å². The van der Waals surface area contributed by atoms with Crippen LogP contribution in [0, 0.1) is 24.5 Å². The number of anilines is 2. The first-order valence-electron chi connectivity index (χ1n) is 10.4. The molecule has 1 aliphatic rings. The first kappa shape index (κ1) is 20.6. The van der Waals surface area contributed by atoms with Crippen LogP contribution in [0.2, 0.25) is 0 Å². The van der Waals surface area contributed by atoms with Crippen LogP contribution in [0.3, 0.4) is 0 Å². The van der Waals surface area contributed by atoms with Crippen molar-refractivity contribution >= 4 is 38.4 Å². The van der Waals surface area contributed by atoms with Gasteiger partial charge in [-0.2, -0.15) is 10.1 Å². The Balaban J connectivity index is 1.39. The number of fused-ring (bicyclic) bond motifs is 1. The minimum Gasteiger partial charge on any atom is -0.347 e. The van der Waals surface area contributed by atoms with Crippen LogP contribution in [0.5, 0.6) is 0 Å². The van der Waals surface area contributed by atoms with Crippen LogP contribution >= 0.6 is 11.3 Å². The van der Waals surface area contributed by atoms with Crippen LogP contribution < -0.4 is 10.2 Å². The van der Waals surface area contributed by atoms with Gasteiger partial charge in [-0.05, 0) is 50.1 Å². The molecule has 1 fully saturated rings. The van der Waals surface area contributed by atoms with Crippen molar-refractivity contribution in [2.45, 2.75) is 19.8 Å². The lowest BCUT2D eigenvalue weighted by Gasteiger charge is -2.31. The fraction of sp³-hybridized carbons (Fsp3) is 0.261. The lowest BCUT2D eigenvalue weighted by Crippen LogP contribution is -2.40. The third-order valence-electron chi connectivity index (χ3n) is 5.62. The van der Waals surface area contributed by atoms with Gasteiger partial charge in [0.2, 0.25) is 5.91 Å². The Morgan fingerprint density at radius 1 is 1.19 bits per heavy atom. The number of carbonyl (C=O) groups excluding carboxylic acids is 1. The molecule has 0 saturated carbocycles. The monoisotopic (exact) mass is 453 g/mol. The number of aromatic nitrogens is 3. The van der Waals surface area contributed by atoms with Gasteiger partial charge in [0.15, 0.2) is 10.8 Å². The van der Waals surface area contributed by atoms with Gasteiger partial charge >= 0.3 is 0 Å². The van der Waals surface area contributed by atoms with Crippen LogP contribution in [-0.4, -0.2) is 33.8 Å². The quantitative estimate of drug-likeness (QED) is 0.476. The van der Waals surface area contributed by atoms with E-state index in [4.69, 9.17) is 4.98 Å². The molecule has 0 spiro atoms. The maximum atomic E-state index is 13.9. The van der Waals surface area contributed by atoms with E-state index in [-0.39, 0.29) is 23.3 Å². The van der Waals surface area contributed by atoms with Gasteiger partial charge < -0.3 is 10.2 Å². The van der Waals surface area contributed by atoms with Crippen molar-refractivity contribution in [2.75, 3.05) is 23.3 Å². The molecule has 164 valence electrons. The second kappa shape index (κ2) is 8.31. The Hall–Kier alpha value is -3.33. The van der Waals surface area contributed by atoms with Crippen LogP contribution in [0.4, 0.5) is 19.6 Å². The minimum absolute atomic E-state index is 0.192. The van der Waals surface area contributed by atoms with Crippen molar-refractivity contribution in [1.29, 1.82) is 0 Å². The molecule has 2 aromatic heterocycles. The fourth-order valence-electron chi connectivity index (χ4n) is 4.01. The van der Waals surface area contributed by atoms with Crippen molar-refractivity contribution in [3.63, 3.8) is 0 Å². The van der Waals surface area contributed by atoms with Crippen LogP contribution in [-0.2, 0) is 4.79 Å². The second-order valence-electron chi connectivity index (χ2n) is 7.88.